The van der Waals surface area contributed by atoms with Gasteiger partial charge in [-0.25, -0.2) is 4.98 Å². The number of nitrogens with zero attached hydrogens (tertiary/aromatic N) is 4. The zero-order valence-corrected chi connectivity index (χ0v) is 14.8. The maximum absolute atomic E-state index is 4.61. The number of imidazole rings is 1. The molecule has 1 unspecified atom stereocenters. The summed E-state index contributed by atoms with van der Waals surface area (Å²) in [7, 11) is 0. The van der Waals surface area contributed by atoms with Crippen molar-refractivity contribution < 1.29 is 0 Å². The van der Waals surface area contributed by atoms with Gasteiger partial charge in [0, 0.05) is 42.8 Å². The van der Waals surface area contributed by atoms with Crippen LogP contribution in [0.4, 0.5) is 0 Å². The van der Waals surface area contributed by atoms with Crippen molar-refractivity contribution in [3.63, 3.8) is 0 Å². The number of rotatable bonds is 6. The number of nitrogens with one attached hydrogen (secondary N) is 2. The van der Waals surface area contributed by atoms with Gasteiger partial charge in [0.2, 0.25) is 0 Å². The Bertz CT molecular complexity index is 681. The van der Waals surface area contributed by atoms with Crippen molar-refractivity contribution >= 4 is 0 Å². The minimum absolute atomic E-state index is 0.534. The summed E-state index contributed by atoms with van der Waals surface area (Å²) in [5.74, 6) is 1.18. The van der Waals surface area contributed by atoms with E-state index < -0.39 is 0 Å². The Balaban J connectivity index is 1.54. The van der Waals surface area contributed by atoms with Crippen LogP contribution in [-0.4, -0.2) is 43.8 Å². The highest BCUT2D eigenvalue weighted by molar-refractivity contribution is 5.17. The molecule has 4 rings (SSSR count). The summed E-state index contributed by atoms with van der Waals surface area (Å²) in [5.41, 5.74) is 3.02. The van der Waals surface area contributed by atoms with Gasteiger partial charge in [0.25, 0.3) is 0 Å². The maximum atomic E-state index is 4.61. The first-order valence-corrected chi connectivity index (χ1v) is 9.15. The van der Waals surface area contributed by atoms with E-state index in [2.05, 4.69) is 50.0 Å². The van der Waals surface area contributed by atoms with Gasteiger partial charge < -0.3 is 9.88 Å². The number of hydrogen-bond donors (Lipinski definition) is 2. The minimum atomic E-state index is 0.534. The lowest BCUT2D eigenvalue weighted by Crippen LogP contribution is -2.36. The molecule has 6 heteroatoms. The predicted molar refractivity (Wildman–Crippen MR) is 93.4 cm³/mol. The van der Waals surface area contributed by atoms with Crippen molar-refractivity contribution in [2.45, 2.75) is 58.8 Å². The number of piperidine rings is 1. The lowest BCUT2D eigenvalue weighted by atomic mass is 9.93. The van der Waals surface area contributed by atoms with Crippen LogP contribution in [0.2, 0.25) is 0 Å². The molecule has 3 heterocycles. The van der Waals surface area contributed by atoms with Crippen LogP contribution in [0.3, 0.4) is 0 Å². The van der Waals surface area contributed by atoms with Gasteiger partial charge in [-0.3, -0.25) is 10.00 Å². The van der Waals surface area contributed by atoms with E-state index in [9.17, 15) is 0 Å². The molecule has 1 aliphatic carbocycles. The number of aryl methyl sites for hydroxylation is 2. The third kappa shape index (κ3) is 2.89. The van der Waals surface area contributed by atoms with Gasteiger partial charge in [0.05, 0.1) is 12.7 Å². The van der Waals surface area contributed by atoms with Crippen LogP contribution in [0.1, 0.15) is 43.3 Å². The van der Waals surface area contributed by atoms with E-state index in [0.29, 0.717) is 11.5 Å². The molecule has 130 valence electrons. The first-order chi connectivity index (χ1) is 11.7. The van der Waals surface area contributed by atoms with Gasteiger partial charge in [0.1, 0.15) is 5.82 Å². The van der Waals surface area contributed by atoms with Gasteiger partial charge in [-0.2, -0.15) is 5.10 Å². The molecule has 2 N–H and O–H groups in total. The summed E-state index contributed by atoms with van der Waals surface area (Å²) in [4.78, 5) is 7.24. The zero-order valence-electron chi connectivity index (χ0n) is 14.8. The van der Waals surface area contributed by atoms with Crippen LogP contribution in [0.15, 0.2) is 18.6 Å². The lowest BCUT2D eigenvalue weighted by Gasteiger charge is -2.29. The smallest absolute Gasteiger partial charge is 0.122 e. The standard InChI is InChI=1S/C18H28N6/c1-3-23-9-8-20-17(23)13-24(12-15-11-21-22-14(15)2)16-10-18(16)4-6-19-7-5-18/h8-9,11,16,19H,3-7,10,12-13H2,1-2H3,(H,21,22). The van der Waals surface area contributed by atoms with Crippen LogP contribution in [0.25, 0.3) is 0 Å². The van der Waals surface area contributed by atoms with Gasteiger partial charge >= 0.3 is 0 Å². The highest BCUT2D eigenvalue weighted by Crippen LogP contribution is 2.56. The van der Waals surface area contributed by atoms with Gasteiger partial charge in [-0.15, -0.1) is 0 Å². The maximum Gasteiger partial charge on any atom is 0.122 e. The summed E-state index contributed by atoms with van der Waals surface area (Å²) in [6, 6.07) is 0.677. The second-order valence-electron chi connectivity index (χ2n) is 7.39. The van der Waals surface area contributed by atoms with Crippen LogP contribution >= 0.6 is 0 Å². The molecule has 0 aromatic carbocycles. The van der Waals surface area contributed by atoms with Gasteiger partial charge in [-0.1, -0.05) is 0 Å². The SMILES string of the molecule is CCn1ccnc1CN(Cc1cn[nH]c1C)C1CC12CCNCC2. The largest absolute Gasteiger partial charge is 0.334 e. The van der Waals surface area contributed by atoms with Crippen LogP contribution in [-0.2, 0) is 19.6 Å². The highest BCUT2D eigenvalue weighted by Gasteiger charge is 2.56. The first kappa shape index (κ1) is 15.8. The first-order valence-electron chi connectivity index (χ1n) is 9.15. The fraction of sp³-hybridized carbons (Fsp3) is 0.667. The molecule has 1 saturated carbocycles. The molecular formula is C18H28N6. The van der Waals surface area contributed by atoms with Crippen molar-refractivity contribution in [2.75, 3.05) is 13.1 Å². The number of aromatic amines is 1. The Hall–Kier alpha value is -1.66. The van der Waals surface area contributed by atoms with Crippen LogP contribution < -0.4 is 5.32 Å². The van der Waals surface area contributed by atoms with Crippen molar-refractivity contribution in [2.24, 2.45) is 5.41 Å². The van der Waals surface area contributed by atoms with E-state index in [-0.39, 0.29) is 0 Å². The minimum Gasteiger partial charge on any atom is -0.334 e. The normalized spacial score (nSPS) is 22.4. The second kappa shape index (κ2) is 6.33. The van der Waals surface area contributed by atoms with E-state index >= 15 is 0 Å². The molecule has 6 nitrogen and oxygen atoms in total. The summed E-state index contributed by atoms with van der Waals surface area (Å²) >= 11 is 0. The van der Waals surface area contributed by atoms with E-state index in [1.54, 1.807) is 0 Å². The average Bonchev–Trinajstić information content (AvgIpc) is 2.94. The highest BCUT2D eigenvalue weighted by atomic mass is 15.2. The van der Waals surface area contributed by atoms with Crippen molar-refractivity contribution in [3.05, 3.63) is 35.7 Å². The Kier molecular flexibility index (Phi) is 4.18. The van der Waals surface area contributed by atoms with E-state index in [0.717, 1.165) is 19.6 Å². The molecule has 1 aliphatic heterocycles. The molecular weight excluding hydrogens is 300 g/mol. The molecule has 2 aromatic rings. The van der Waals surface area contributed by atoms with Crippen molar-refractivity contribution in [3.8, 4) is 0 Å². The van der Waals surface area contributed by atoms with Crippen molar-refractivity contribution in [1.29, 1.82) is 0 Å². The number of hydrogen-bond acceptors (Lipinski definition) is 4. The zero-order chi connectivity index (χ0) is 16.6. The predicted octanol–water partition coefficient (Wildman–Crippen LogP) is 2.08. The molecule has 24 heavy (non-hydrogen) atoms. The molecule has 1 atom stereocenters. The van der Waals surface area contributed by atoms with E-state index in [1.807, 2.05) is 12.4 Å². The average molecular weight is 328 g/mol. The summed E-state index contributed by atoms with van der Waals surface area (Å²) in [5, 5.41) is 10.8. The monoisotopic (exact) mass is 328 g/mol. The fourth-order valence-corrected chi connectivity index (χ4v) is 4.30. The molecule has 2 fully saturated rings. The molecule has 0 bridgehead atoms. The van der Waals surface area contributed by atoms with Crippen molar-refractivity contribution in [1.82, 2.24) is 30.0 Å². The Labute approximate surface area is 143 Å². The molecule has 0 amide bonds. The fourth-order valence-electron chi connectivity index (χ4n) is 4.30. The Morgan fingerprint density at radius 3 is 2.88 bits per heavy atom. The Morgan fingerprint density at radius 2 is 2.17 bits per heavy atom. The number of aromatic nitrogens is 4. The second-order valence-corrected chi connectivity index (χ2v) is 7.39. The summed E-state index contributed by atoms with van der Waals surface area (Å²) in [6.45, 7) is 9.48. The van der Waals surface area contributed by atoms with E-state index in [4.69, 9.17) is 0 Å². The van der Waals surface area contributed by atoms with Crippen LogP contribution in [0, 0.1) is 12.3 Å². The molecule has 2 aliphatic rings. The molecule has 1 spiro atoms. The van der Waals surface area contributed by atoms with E-state index in [1.165, 1.54) is 49.4 Å². The molecule has 1 saturated heterocycles. The summed E-state index contributed by atoms with van der Waals surface area (Å²) in [6.07, 6.45) is 9.93. The third-order valence-corrected chi connectivity index (χ3v) is 5.98. The topological polar surface area (TPSA) is 61.8 Å². The van der Waals surface area contributed by atoms with Crippen LogP contribution in [0.5, 0.6) is 0 Å². The molecule has 0 radical (unpaired) electrons. The van der Waals surface area contributed by atoms with Gasteiger partial charge in [0.15, 0.2) is 0 Å². The molecule has 2 aromatic heterocycles. The lowest BCUT2D eigenvalue weighted by molar-refractivity contribution is 0.182. The van der Waals surface area contributed by atoms with Gasteiger partial charge in [-0.05, 0) is 51.6 Å². The Morgan fingerprint density at radius 1 is 1.33 bits per heavy atom. The summed E-state index contributed by atoms with van der Waals surface area (Å²) < 4.78 is 2.26. The number of H-pyrrole nitrogens is 1. The third-order valence-electron chi connectivity index (χ3n) is 5.98. The quantitative estimate of drug-likeness (QED) is 0.852.